The number of carbonyl (C=O) groups excluding carboxylic acids is 1. The van der Waals surface area contributed by atoms with Crippen LogP contribution in [0.25, 0.3) is 0 Å². The zero-order valence-electron chi connectivity index (χ0n) is 9.33. The minimum Gasteiger partial charge on any atom is -0.460 e. The smallest absolute Gasteiger partial charge is 0.338 e. The SMILES string of the molecule is CCc1cc(C(=O)OCCOC)cc(Cl)n1. The first-order chi connectivity index (χ1) is 7.67. The summed E-state index contributed by atoms with van der Waals surface area (Å²) in [6.45, 7) is 2.56. The summed E-state index contributed by atoms with van der Waals surface area (Å²) in [5.41, 5.74) is 1.19. The standard InChI is InChI=1S/C11H14ClNO3/c1-3-9-6-8(7-10(12)13-9)11(14)16-5-4-15-2/h6-7H,3-5H2,1-2H3. The van der Waals surface area contributed by atoms with Crippen molar-refractivity contribution in [3.05, 3.63) is 28.5 Å². The van der Waals surface area contributed by atoms with E-state index >= 15 is 0 Å². The van der Waals surface area contributed by atoms with Crippen LogP contribution in [0.2, 0.25) is 5.15 Å². The predicted octanol–water partition coefficient (Wildman–Crippen LogP) is 2.10. The molecule has 0 amide bonds. The van der Waals surface area contributed by atoms with E-state index in [1.165, 1.54) is 6.07 Å². The molecular formula is C11H14ClNO3. The maximum atomic E-state index is 11.6. The molecule has 0 bridgehead atoms. The molecular weight excluding hydrogens is 230 g/mol. The van der Waals surface area contributed by atoms with Gasteiger partial charge in [0.2, 0.25) is 0 Å². The number of nitrogens with zero attached hydrogens (tertiary/aromatic N) is 1. The van der Waals surface area contributed by atoms with E-state index < -0.39 is 5.97 Å². The van der Waals surface area contributed by atoms with Crippen LogP contribution in [0.15, 0.2) is 12.1 Å². The number of hydrogen-bond acceptors (Lipinski definition) is 4. The topological polar surface area (TPSA) is 48.4 Å². The van der Waals surface area contributed by atoms with Crippen LogP contribution in [-0.4, -0.2) is 31.3 Å². The van der Waals surface area contributed by atoms with E-state index in [2.05, 4.69) is 4.98 Å². The molecule has 16 heavy (non-hydrogen) atoms. The lowest BCUT2D eigenvalue weighted by Gasteiger charge is -2.05. The van der Waals surface area contributed by atoms with Crippen LogP contribution in [0.4, 0.5) is 0 Å². The first-order valence-electron chi connectivity index (χ1n) is 5.00. The number of ether oxygens (including phenoxy) is 2. The third-order valence-electron chi connectivity index (χ3n) is 1.97. The predicted molar refractivity (Wildman–Crippen MR) is 60.8 cm³/mol. The molecule has 0 radical (unpaired) electrons. The summed E-state index contributed by atoms with van der Waals surface area (Å²) in [7, 11) is 1.55. The highest BCUT2D eigenvalue weighted by Gasteiger charge is 2.09. The second-order valence-corrected chi connectivity index (χ2v) is 3.54. The number of aryl methyl sites for hydroxylation is 1. The van der Waals surface area contributed by atoms with E-state index in [9.17, 15) is 4.79 Å². The van der Waals surface area contributed by atoms with Crippen molar-refractivity contribution in [2.24, 2.45) is 0 Å². The van der Waals surface area contributed by atoms with Crippen LogP contribution in [0, 0.1) is 0 Å². The van der Waals surface area contributed by atoms with Gasteiger partial charge in [-0.05, 0) is 18.6 Å². The van der Waals surface area contributed by atoms with Crippen LogP contribution in [0.5, 0.6) is 0 Å². The van der Waals surface area contributed by atoms with Crippen molar-refractivity contribution in [3.63, 3.8) is 0 Å². The summed E-state index contributed by atoms with van der Waals surface area (Å²) in [5.74, 6) is -0.406. The number of hydrogen-bond donors (Lipinski definition) is 0. The molecule has 0 saturated heterocycles. The molecule has 1 rings (SSSR count). The highest BCUT2D eigenvalue weighted by molar-refractivity contribution is 6.29. The molecule has 0 aliphatic heterocycles. The summed E-state index contributed by atoms with van der Waals surface area (Å²) >= 11 is 5.79. The normalized spacial score (nSPS) is 10.2. The lowest BCUT2D eigenvalue weighted by Crippen LogP contribution is -2.10. The summed E-state index contributed by atoms with van der Waals surface area (Å²) in [6.07, 6.45) is 0.721. The van der Waals surface area contributed by atoms with E-state index in [0.717, 1.165) is 12.1 Å². The van der Waals surface area contributed by atoms with Crippen molar-refractivity contribution < 1.29 is 14.3 Å². The molecule has 0 fully saturated rings. The molecule has 0 spiro atoms. The van der Waals surface area contributed by atoms with Crippen LogP contribution in [0.3, 0.4) is 0 Å². The van der Waals surface area contributed by atoms with Crippen molar-refractivity contribution in [2.75, 3.05) is 20.3 Å². The molecule has 0 aromatic carbocycles. The van der Waals surface area contributed by atoms with E-state index in [-0.39, 0.29) is 6.61 Å². The van der Waals surface area contributed by atoms with Crippen molar-refractivity contribution in [3.8, 4) is 0 Å². The van der Waals surface area contributed by atoms with Crippen LogP contribution in [0.1, 0.15) is 23.0 Å². The molecule has 4 nitrogen and oxygen atoms in total. The van der Waals surface area contributed by atoms with Crippen LogP contribution >= 0.6 is 11.6 Å². The fraction of sp³-hybridized carbons (Fsp3) is 0.455. The van der Waals surface area contributed by atoms with E-state index in [4.69, 9.17) is 21.1 Å². The van der Waals surface area contributed by atoms with E-state index in [0.29, 0.717) is 17.3 Å². The largest absolute Gasteiger partial charge is 0.460 e. The number of aromatic nitrogens is 1. The molecule has 1 heterocycles. The van der Waals surface area contributed by atoms with Gasteiger partial charge in [-0.2, -0.15) is 0 Å². The third-order valence-corrected chi connectivity index (χ3v) is 2.16. The first kappa shape index (κ1) is 12.9. The van der Waals surface area contributed by atoms with Crippen molar-refractivity contribution >= 4 is 17.6 Å². The summed E-state index contributed by atoms with van der Waals surface area (Å²) in [5, 5.41) is 0.304. The molecule has 0 aliphatic rings. The Balaban J connectivity index is 2.71. The van der Waals surface area contributed by atoms with Crippen LogP contribution < -0.4 is 0 Å². The van der Waals surface area contributed by atoms with Gasteiger partial charge in [0.25, 0.3) is 0 Å². The quantitative estimate of drug-likeness (QED) is 0.451. The van der Waals surface area contributed by atoms with Gasteiger partial charge < -0.3 is 9.47 Å². The van der Waals surface area contributed by atoms with Gasteiger partial charge in [0.05, 0.1) is 12.2 Å². The Morgan fingerprint density at radius 2 is 2.19 bits per heavy atom. The Bertz CT molecular complexity index is 368. The van der Waals surface area contributed by atoms with Crippen molar-refractivity contribution in [2.45, 2.75) is 13.3 Å². The summed E-state index contributed by atoms with van der Waals surface area (Å²) < 4.78 is 9.75. The second-order valence-electron chi connectivity index (χ2n) is 3.15. The molecule has 0 aliphatic carbocycles. The fourth-order valence-corrected chi connectivity index (χ4v) is 1.38. The Labute approximate surface area is 99.5 Å². The van der Waals surface area contributed by atoms with E-state index in [1.807, 2.05) is 6.92 Å². The highest BCUT2D eigenvalue weighted by Crippen LogP contribution is 2.12. The molecule has 5 heteroatoms. The average Bonchev–Trinajstić information content (AvgIpc) is 2.28. The van der Waals surface area contributed by atoms with Gasteiger partial charge in [-0.15, -0.1) is 0 Å². The maximum Gasteiger partial charge on any atom is 0.338 e. The maximum absolute atomic E-state index is 11.6. The Morgan fingerprint density at radius 1 is 1.44 bits per heavy atom. The van der Waals surface area contributed by atoms with Gasteiger partial charge in [0.1, 0.15) is 11.8 Å². The lowest BCUT2D eigenvalue weighted by molar-refractivity contribution is 0.0388. The minimum absolute atomic E-state index is 0.233. The fourth-order valence-electron chi connectivity index (χ4n) is 1.15. The molecule has 0 atom stereocenters. The average molecular weight is 244 g/mol. The van der Waals surface area contributed by atoms with Gasteiger partial charge >= 0.3 is 5.97 Å². The zero-order chi connectivity index (χ0) is 12.0. The number of halogens is 1. The summed E-state index contributed by atoms with van der Waals surface area (Å²) in [4.78, 5) is 15.6. The molecule has 0 N–H and O–H groups in total. The van der Waals surface area contributed by atoms with Gasteiger partial charge in [-0.25, -0.2) is 9.78 Å². The number of esters is 1. The number of carbonyl (C=O) groups is 1. The molecule has 1 aromatic rings. The number of pyridine rings is 1. The Hall–Kier alpha value is -1.13. The number of methoxy groups -OCH3 is 1. The van der Waals surface area contributed by atoms with Gasteiger partial charge in [0.15, 0.2) is 0 Å². The van der Waals surface area contributed by atoms with Gasteiger partial charge in [0, 0.05) is 12.8 Å². The number of rotatable bonds is 5. The van der Waals surface area contributed by atoms with Gasteiger partial charge in [-0.3, -0.25) is 0 Å². The highest BCUT2D eigenvalue weighted by atomic mass is 35.5. The molecule has 0 unspecified atom stereocenters. The Morgan fingerprint density at radius 3 is 2.81 bits per heavy atom. The summed E-state index contributed by atoms with van der Waals surface area (Å²) in [6, 6.07) is 3.18. The molecule has 0 saturated carbocycles. The second kappa shape index (κ2) is 6.45. The molecule has 1 aromatic heterocycles. The first-order valence-corrected chi connectivity index (χ1v) is 5.37. The van der Waals surface area contributed by atoms with Crippen molar-refractivity contribution in [1.82, 2.24) is 4.98 Å². The Kier molecular flexibility index (Phi) is 5.22. The van der Waals surface area contributed by atoms with E-state index in [1.54, 1.807) is 13.2 Å². The van der Waals surface area contributed by atoms with Crippen molar-refractivity contribution in [1.29, 1.82) is 0 Å². The third kappa shape index (κ3) is 3.79. The molecule has 88 valence electrons. The van der Waals surface area contributed by atoms with Crippen LogP contribution in [-0.2, 0) is 15.9 Å². The lowest BCUT2D eigenvalue weighted by atomic mass is 10.2. The monoisotopic (exact) mass is 243 g/mol. The minimum atomic E-state index is -0.406. The van der Waals surface area contributed by atoms with Gasteiger partial charge in [-0.1, -0.05) is 18.5 Å². The zero-order valence-corrected chi connectivity index (χ0v) is 10.1.